The van der Waals surface area contributed by atoms with Crippen LogP contribution in [0.5, 0.6) is 0 Å². The number of hydrogen-bond acceptors (Lipinski definition) is 3. The lowest BCUT2D eigenvalue weighted by molar-refractivity contribution is -0.401. The summed E-state index contributed by atoms with van der Waals surface area (Å²) in [5, 5.41) is 26.0. The van der Waals surface area contributed by atoms with E-state index in [-0.39, 0.29) is 0 Å². The maximum atomic E-state index is 10.6. The molecule has 10 rings (SSSR count). The third-order valence-corrected chi connectivity index (χ3v) is 14.2. The van der Waals surface area contributed by atoms with Crippen LogP contribution in [0.15, 0.2) is 253 Å². The molecule has 0 saturated heterocycles. The van der Waals surface area contributed by atoms with E-state index in [1.807, 2.05) is 24.3 Å². The molecular weight excluding hydrogens is 837 g/mol. The van der Waals surface area contributed by atoms with Gasteiger partial charge in [0, 0.05) is 41.6 Å². The van der Waals surface area contributed by atoms with Crippen molar-refractivity contribution >= 4 is 38.6 Å². The standard InChI is InChI=1S/C65H53N4/c1-68-58-39-37-54-31-15-17-33-56(54)62(58)64(42-48-21-7-3-8-22-48,43-49-23-9-4-10-24-49)60(68)35-19-29-52(46-66)41-53(47-67)30-20-36-61-65(44-50-25-11-5-12-26-50,45-51-27-13-6-14-28-51)63-57-34-18-16-32-55(57)38-40-59(63)69(61)2/h3-41H,42-45H2,1-2H3/q+1. The van der Waals surface area contributed by atoms with Crippen molar-refractivity contribution in [3.63, 3.8) is 0 Å². The Morgan fingerprint density at radius 1 is 0.522 bits per heavy atom. The van der Waals surface area contributed by atoms with Crippen LogP contribution in [-0.4, -0.2) is 24.4 Å². The van der Waals surface area contributed by atoms with Crippen molar-refractivity contribution in [2.24, 2.45) is 0 Å². The molecule has 0 saturated carbocycles. The first-order valence-electron chi connectivity index (χ1n) is 23.7. The molecule has 332 valence electrons. The Balaban J connectivity index is 1.03. The van der Waals surface area contributed by atoms with Gasteiger partial charge in [0.2, 0.25) is 5.69 Å². The maximum Gasteiger partial charge on any atom is 0.210 e. The molecule has 2 aliphatic heterocycles. The molecule has 0 bridgehead atoms. The Bertz CT molecular complexity index is 3390. The summed E-state index contributed by atoms with van der Waals surface area (Å²) in [6.45, 7) is 0. The van der Waals surface area contributed by atoms with Gasteiger partial charge in [0.15, 0.2) is 5.71 Å². The van der Waals surface area contributed by atoms with Crippen molar-refractivity contribution in [2.45, 2.75) is 36.5 Å². The predicted molar refractivity (Wildman–Crippen MR) is 285 cm³/mol. The fraction of sp³-hybridized carbons (Fsp3) is 0.123. The third kappa shape index (κ3) is 8.55. The first kappa shape index (κ1) is 44.3. The predicted octanol–water partition coefficient (Wildman–Crippen LogP) is 14.2. The Labute approximate surface area is 406 Å². The van der Waals surface area contributed by atoms with Gasteiger partial charge in [-0.15, -0.1) is 0 Å². The van der Waals surface area contributed by atoms with Crippen LogP contribution >= 0.6 is 0 Å². The lowest BCUT2D eigenvalue weighted by atomic mass is 9.68. The van der Waals surface area contributed by atoms with E-state index in [0.29, 0.717) is 11.1 Å². The number of allylic oxidation sites excluding steroid dienone is 10. The maximum absolute atomic E-state index is 10.6. The number of nitriles is 2. The molecule has 0 aromatic heterocycles. The number of likely N-dealkylation sites (N-methyl/N-ethyl adjacent to an activating group) is 1. The first-order chi connectivity index (χ1) is 33.9. The summed E-state index contributed by atoms with van der Waals surface area (Å²) in [4.78, 5) is 2.33. The normalized spacial score (nSPS) is 15.8. The van der Waals surface area contributed by atoms with E-state index in [9.17, 15) is 10.5 Å². The van der Waals surface area contributed by atoms with Crippen LogP contribution in [0, 0.1) is 22.7 Å². The van der Waals surface area contributed by atoms with Gasteiger partial charge in [-0.2, -0.15) is 15.1 Å². The van der Waals surface area contributed by atoms with Crippen LogP contribution in [-0.2, 0) is 36.5 Å². The van der Waals surface area contributed by atoms with E-state index >= 15 is 0 Å². The second-order valence-corrected chi connectivity index (χ2v) is 18.4. The third-order valence-electron chi connectivity index (χ3n) is 14.2. The van der Waals surface area contributed by atoms with Crippen molar-refractivity contribution in [1.29, 1.82) is 10.5 Å². The molecule has 8 aromatic rings. The lowest BCUT2D eigenvalue weighted by Gasteiger charge is -2.34. The second kappa shape index (κ2) is 19.3. The van der Waals surface area contributed by atoms with E-state index in [4.69, 9.17) is 0 Å². The lowest BCUT2D eigenvalue weighted by Crippen LogP contribution is -2.39. The highest BCUT2D eigenvalue weighted by Gasteiger charge is 2.51. The Morgan fingerprint density at radius 2 is 0.986 bits per heavy atom. The summed E-state index contributed by atoms with van der Waals surface area (Å²) in [6.07, 6.45) is 16.8. The number of fused-ring (bicyclic) bond motifs is 6. The summed E-state index contributed by atoms with van der Waals surface area (Å²) in [6, 6.07) is 74.1. The zero-order valence-electron chi connectivity index (χ0n) is 39.1. The molecule has 0 unspecified atom stereocenters. The molecule has 0 N–H and O–H groups in total. The summed E-state index contributed by atoms with van der Waals surface area (Å²) in [5.41, 5.74) is 12.2. The highest BCUT2D eigenvalue weighted by Crippen LogP contribution is 2.54. The minimum atomic E-state index is -0.426. The smallest absolute Gasteiger partial charge is 0.210 e. The SMILES string of the molecule is CN1C(=CC=CC(C#N)=CC(C#N)=C/C=C/C2=[N+](C)c3ccc4ccccc4c3C2(Cc2ccccc2)Cc2ccccc2)C(Cc2ccccc2)(Cc2ccccc2)c2c1ccc1ccccc21. The van der Waals surface area contributed by atoms with Crippen molar-refractivity contribution in [1.82, 2.24) is 0 Å². The van der Waals surface area contributed by atoms with E-state index in [2.05, 4.69) is 242 Å². The van der Waals surface area contributed by atoms with E-state index in [0.717, 1.165) is 37.1 Å². The summed E-state index contributed by atoms with van der Waals surface area (Å²) < 4.78 is 2.33. The number of benzene rings is 8. The minimum Gasteiger partial charge on any atom is -0.347 e. The number of anilines is 1. The van der Waals surface area contributed by atoms with Gasteiger partial charge >= 0.3 is 0 Å². The van der Waals surface area contributed by atoms with Crippen molar-refractivity contribution in [2.75, 3.05) is 19.0 Å². The highest BCUT2D eigenvalue weighted by molar-refractivity contribution is 6.08. The first-order valence-corrected chi connectivity index (χ1v) is 23.7. The second-order valence-electron chi connectivity index (χ2n) is 18.4. The van der Waals surface area contributed by atoms with Crippen LogP contribution in [0.4, 0.5) is 11.4 Å². The number of nitrogens with zero attached hydrogens (tertiary/aromatic N) is 4. The van der Waals surface area contributed by atoms with E-state index < -0.39 is 10.8 Å². The van der Waals surface area contributed by atoms with Crippen LogP contribution in [0.3, 0.4) is 0 Å². The van der Waals surface area contributed by atoms with Gasteiger partial charge in [0.1, 0.15) is 7.05 Å². The molecule has 0 spiro atoms. The topological polar surface area (TPSA) is 53.8 Å². The molecule has 2 heterocycles. The Morgan fingerprint density at radius 3 is 1.51 bits per heavy atom. The zero-order chi connectivity index (χ0) is 47.2. The van der Waals surface area contributed by atoms with Gasteiger partial charge in [-0.1, -0.05) is 188 Å². The van der Waals surface area contributed by atoms with Gasteiger partial charge in [0.05, 0.1) is 28.7 Å². The van der Waals surface area contributed by atoms with Crippen molar-refractivity contribution < 1.29 is 4.58 Å². The number of hydrogen-bond donors (Lipinski definition) is 0. The van der Waals surface area contributed by atoms with Gasteiger partial charge in [0.25, 0.3) is 0 Å². The average Bonchev–Trinajstić information content (AvgIpc) is 3.76. The molecular formula is C65H53N4+. The van der Waals surface area contributed by atoms with E-state index in [1.54, 1.807) is 6.08 Å². The Kier molecular flexibility index (Phi) is 12.4. The van der Waals surface area contributed by atoms with Crippen molar-refractivity contribution in [3.8, 4) is 12.1 Å². The Hall–Kier alpha value is -8.57. The van der Waals surface area contributed by atoms with Crippen LogP contribution in [0.25, 0.3) is 21.5 Å². The molecule has 4 nitrogen and oxygen atoms in total. The molecule has 8 aromatic carbocycles. The van der Waals surface area contributed by atoms with Crippen LogP contribution in [0.2, 0.25) is 0 Å². The van der Waals surface area contributed by atoms with Gasteiger partial charge < -0.3 is 4.90 Å². The summed E-state index contributed by atoms with van der Waals surface area (Å²) in [5.74, 6) is 0. The molecule has 0 radical (unpaired) electrons. The van der Waals surface area contributed by atoms with Crippen LogP contribution in [0.1, 0.15) is 33.4 Å². The molecule has 0 fully saturated rings. The average molecular weight is 890 g/mol. The van der Waals surface area contributed by atoms with Crippen molar-refractivity contribution in [3.05, 3.63) is 287 Å². The molecule has 2 aliphatic rings. The monoisotopic (exact) mass is 889 g/mol. The fourth-order valence-electron chi connectivity index (χ4n) is 11.3. The van der Waals surface area contributed by atoms with E-state index in [1.165, 1.54) is 66.3 Å². The summed E-state index contributed by atoms with van der Waals surface area (Å²) in [7, 11) is 4.31. The van der Waals surface area contributed by atoms with Gasteiger partial charge in [-0.05, 0) is 111 Å². The summed E-state index contributed by atoms with van der Waals surface area (Å²) >= 11 is 0. The highest BCUT2D eigenvalue weighted by atomic mass is 15.2. The minimum absolute atomic E-state index is 0.389. The largest absolute Gasteiger partial charge is 0.347 e. The van der Waals surface area contributed by atoms with Gasteiger partial charge in [-0.3, -0.25) is 0 Å². The zero-order valence-corrected chi connectivity index (χ0v) is 39.1. The number of rotatable bonds is 13. The fourth-order valence-corrected chi connectivity index (χ4v) is 11.3. The van der Waals surface area contributed by atoms with Crippen LogP contribution < -0.4 is 4.90 Å². The molecule has 4 heteroatoms. The molecule has 0 atom stereocenters. The quantitative estimate of drug-likeness (QED) is 0.0658. The molecule has 69 heavy (non-hydrogen) atoms. The van der Waals surface area contributed by atoms with Gasteiger partial charge in [-0.25, -0.2) is 0 Å². The molecule has 0 amide bonds. The molecule has 0 aliphatic carbocycles.